The van der Waals surface area contributed by atoms with Crippen molar-refractivity contribution in [3.63, 3.8) is 0 Å². The van der Waals surface area contributed by atoms with Gasteiger partial charge in [0, 0.05) is 14.9 Å². The minimum absolute atomic E-state index is 0.135. The van der Waals surface area contributed by atoms with E-state index in [-0.39, 0.29) is 6.04 Å². The quantitative estimate of drug-likeness (QED) is 0.773. The van der Waals surface area contributed by atoms with Crippen molar-refractivity contribution in [2.75, 3.05) is 6.54 Å². The zero-order valence-corrected chi connectivity index (χ0v) is 13.4. The van der Waals surface area contributed by atoms with Gasteiger partial charge in [-0.25, -0.2) is 0 Å². The van der Waals surface area contributed by atoms with Crippen LogP contribution in [0, 0.1) is 6.92 Å². The van der Waals surface area contributed by atoms with E-state index in [1.165, 1.54) is 10.4 Å². The Hall–Kier alpha value is -0.540. The van der Waals surface area contributed by atoms with Gasteiger partial charge in [-0.2, -0.15) is 0 Å². The van der Waals surface area contributed by atoms with Gasteiger partial charge in [0.05, 0.1) is 6.04 Å². The van der Waals surface area contributed by atoms with Gasteiger partial charge in [-0.15, -0.1) is 11.3 Å². The molecular weight excluding hydrogens is 297 g/mol. The van der Waals surface area contributed by atoms with Crippen molar-refractivity contribution in [3.8, 4) is 0 Å². The summed E-state index contributed by atoms with van der Waals surface area (Å²) in [6.45, 7) is 5.26. The molecule has 1 heterocycles. The van der Waals surface area contributed by atoms with Gasteiger partial charge < -0.3 is 5.32 Å². The zero-order valence-electron chi connectivity index (χ0n) is 11.0. The van der Waals surface area contributed by atoms with E-state index in [9.17, 15) is 0 Å². The Labute approximate surface area is 128 Å². The van der Waals surface area contributed by atoms with Crippen LogP contribution < -0.4 is 5.32 Å². The third kappa shape index (κ3) is 3.51. The summed E-state index contributed by atoms with van der Waals surface area (Å²) in [5.41, 5.74) is 2.38. The fourth-order valence-corrected chi connectivity index (χ4v) is 3.36. The van der Waals surface area contributed by atoms with Crippen LogP contribution in [-0.2, 0) is 0 Å². The van der Waals surface area contributed by atoms with Crippen LogP contribution in [0.3, 0.4) is 0 Å². The minimum atomic E-state index is 0.135. The van der Waals surface area contributed by atoms with Crippen LogP contribution in [0.25, 0.3) is 0 Å². The Morgan fingerprint density at radius 3 is 2.58 bits per heavy atom. The van der Waals surface area contributed by atoms with Crippen LogP contribution in [0.4, 0.5) is 0 Å². The zero-order chi connectivity index (χ0) is 13.8. The molecule has 0 aliphatic rings. The van der Waals surface area contributed by atoms with Crippen LogP contribution >= 0.6 is 34.5 Å². The lowest BCUT2D eigenvalue weighted by molar-refractivity contribution is 0.598. The second-order valence-corrected chi connectivity index (χ2v) is 6.45. The highest BCUT2D eigenvalue weighted by Gasteiger charge is 2.18. The monoisotopic (exact) mass is 313 g/mol. The second-order valence-electron chi connectivity index (χ2n) is 4.49. The smallest absolute Gasteiger partial charge is 0.0602 e. The Morgan fingerprint density at radius 1 is 1.21 bits per heavy atom. The molecule has 2 rings (SSSR count). The number of thiophene rings is 1. The second kappa shape index (κ2) is 6.76. The van der Waals surface area contributed by atoms with Gasteiger partial charge in [0.1, 0.15) is 0 Å². The molecule has 19 heavy (non-hydrogen) atoms. The number of hydrogen-bond donors (Lipinski definition) is 1. The summed E-state index contributed by atoms with van der Waals surface area (Å²) >= 11 is 14.1. The highest BCUT2D eigenvalue weighted by Crippen LogP contribution is 2.33. The standard InChI is InChI=1S/C15H17Cl2NS/c1-3-7-18-15(12-6-8-19-10(12)2)13-5-4-11(16)9-14(13)17/h4-6,8-9,15,18H,3,7H2,1-2H3. The molecule has 1 aromatic heterocycles. The first-order chi connectivity index (χ1) is 9.13. The molecule has 0 aliphatic heterocycles. The van der Waals surface area contributed by atoms with Crippen molar-refractivity contribution in [2.45, 2.75) is 26.3 Å². The number of nitrogens with one attached hydrogen (secondary N) is 1. The van der Waals surface area contributed by atoms with E-state index in [0.29, 0.717) is 10.0 Å². The average Bonchev–Trinajstić information content (AvgIpc) is 2.78. The summed E-state index contributed by atoms with van der Waals surface area (Å²) in [5.74, 6) is 0. The lowest BCUT2D eigenvalue weighted by Gasteiger charge is -2.20. The van der Waals surface area contributed by atoms with Gasteiger partial charge in [0.15, 0.2) is 0 Å². The van der Waals surface area contributed by atoms with E-state index >= 15 is 0 Å². The molecule has 1 atom stereocenters. The van der Waals surface area contributed by atoms with Gasteiger partial charge in [0.25, 0.3) is 0 Å². The molecule has 0 saturated carbocycles. The number of hydrogen-bond acceptors (Lipinski definition) is 2. The van der Waals surface area contributed by atoms with Crippen molar-refractivity contribution < 1.29 is 0 Å². The third-order valence-electron chi connectivity index (χ3n) is 3.08. The minimum Gasteiger partial charge on any atom is -0.306 e. The highest BCUT2D eigenvalue weighted by atomic mass is 35.5. The largest absolute Gasteiger partial charge is 0.306 e. The van der Waals surface area contributed by atoms with E-state index in [1.54, 1.807) is 17.4 Å². The average molecular weight is 314 g/mol. The highest BCUT2D eigenvalue weighted by molar-refractivity contribution is 7.10. The molecule has 0 amide bonds. The molecule has 0 aliphatic carbocycles. The molecule has 1 aromatic carbocycles. The first-order valence-electron chi connectivity index (χ1n) is 6.35. The van der Waals surface area contributed by atoms with Crippen LogP contribution in [0.1, 0.15) is 35.4 Å². The van der Waals surface area contributed by atoms with Gasteiger partial charge >= 0.3 is 0 Å². The lowest BCUT2D eigenvalue weighted by atomic mass is 9.99. The fourth-order valence-electron chi connectivity index (χ4n) is 2.11. The molecule has 4 heteroatoms. The van der Waals surface area contributed by atoms with Gasteiger partial charge in [-0.05, 0) is 54.6 Å². The first kappa shape index (κ1) is 14.9. The van der Waals surface area contributed by atoms with E-state index in [4.69, 9.17) is 23.2 Å². The van der Waals surface area contributed by atoms with Crippen molar-refractivity contribution in [2.24, 2.45) is 0 Å². The maximum atomic E-state index is 6.35. The lowest BCUT2D eigenvalue weighted by Crippen LogP contribution is -2.23. The molecule has 2 aromatic rings. The normalized spacial score (nSPS) is 12.6. The van der Waals surface area contributed by atoms with Crippen LogP contribution in [0.5, 0.6) is 0 Å². The molecule has 0 spiro atoms. The van der Waals surface area contributed by atoms with Crippen molar-refractivity contribution >= 4 is 34.5 Å². The molecule has 0 fully saturated rings. The van der Waals surface area contributed by atoms with Crippen LogP contribution in [-0.4, -0.2) is 6.54 Å². The molecule has 1 nitrogen and oxygen atoms in total. The summed E-state index contributed by atoms with van der Waals surface area (Å²) in [6.07, 6.45) is 1.09. The number of aryl methyl sites for hydroxylation is 1. The molecule has 1 N–H and O–H groups in total. The predicted octanol–water partition coefficient (Wildman–Crippen LogP) is 5.45. The molecule has 0 bridgehead atoms. The third-order valence-corrected chi connectivity index (χ3v) is 4.51. The van der Waals surface area contributed by atoms with E-state index in [2.05, 4.69) is 30.6 Å². The summed E-state index contributed by atoms with van der Waals surface area (Å²) in [6, 6.07) is 8.01. The van der Waals surface area contributed by atoms with E-state index in [0.717, 1.165) is 18.5 Å². The molecular formula is C15H17Cl2NS. The Kier molecular flexibility index (Phi) is 5.28. The SMILES string of the molecule is CCCNC(c1ccc(Cl)cc1Cl)c1ccsc1C. The Morgan fingerprint density at radius 2 is 2.00 bits per heavy atom. The van der Waals surface area contributed by atoms with E-state index < -0.39 is 0 Å². The van der Waals surface area contributed by atoms with Gasteiger partial charge in [-0.3, -0.25) is 0 Å². The summed E-state index contributed by atoms with van der Waals surface area (Å²) < 4.78 is 0. The first-order valence-corrected chi connectivity index (χ1v) is 7.99. The molecule has 0 radical (unpaired) electrons. The predicted molar refractivity (Wildman–Crippen MR) is 85.7 cm³/mol. The van der Waals surface area contributed by atoms with Gasteiger partial charge in [0.2, 0.25) is 0 Å². The van der Waals surface area contributed by atoms with E-state index in [1.807, 2.05) is 12.1 Å². The Balaban J connectivity index is 2.40. The van der Waals surface area contributed by atoms with Crippen molar-refractivity contribution in [1.29, 1.82) is 0 Å². The van der Waals surface area contributed by atoms with Gasteiger partial charge in [-0.1, -0.05) is 36.2 Å². The molecule has 102 valence electrons. The maximum Gasteiger partial charge on any atom is 0.0602 e. The van der Waals surface area contributed by atoms with Crippen molar-refractivity contribution in [1.82, 2.24) is 5.32 Å². The number of halogens is 2. The topological polar surface area (TPSA) is 12.0 Å². The molecule has 1 unspecified atom stereocenters. The van der Waals surface area contributed by atoms with Crippen LogP contribution in [0.2, 0.25) is 10.0 Å². The number of rotatable bonds is 5. The summed E-state index contributed by atoms with van der Waals surface area (Å²) in [5, 5.41) is 7.07. The Bertz CT molecular complexity index is 551. The maximum absolute atomic E-state index is 6.35. The summed E-state index contributed by atoms with van der Waals surface area (Å²) in [4.78, 5) is 1.32. The summed E-state index contributed by atoms with van der Waals surface area (Å²) in [7, 11) is 0. The number of benzene rings is 1. The molecule has 0 saturated heterocycles. The van der Waals surface area contributed by atoms with Crippen LogP contribution in [0.15, 0.2) is 29.6 Å². The fraction of sp³-hybridized carbons (Fsp3) is 0.333. The van der Waals surface area contributed by atoms with Crippen molar-refractivity contribution in [3.05, 3.63) is 55.7 Å².